The van der Waals surface area contributed by atoms with E-state index in [9.17, 15) is 9.59 Å². The van der Waals surface area contributed by atoms with Crippen LogP contribution in [0.5, 0.6) is 5.75 Å². The lowest BCUT2D eigenvalue weighted by Gasteiger charge is -2.09. The predicted octanol–water partition coefficient (Wildman–Crippen LogP) is 0.911. The maximum absolute atomic E-state index is 11.5. The number of rotatable bonds is 6. The van der Waals surface area contributed by atoms with Crippen molar-refractivity contribution in [1.82, 2.24) is 5.32 Å². The summed E-state index contributed by atoms with van der Waals surface area (Å²) in [5, 5.41) is 13.8. The molecule has 6 heteroatoms. The van der Waals surface area contributed by atoms with Crippen molar-refractivity contribution < 1.29 is 19.4 Å². The Morgan fingerprint density at radius 1 is 1.25 bits per heavy atom. The Labute approximate surface area is 118 Å². The highest BCUT2D eigenvalue weighted by Gasteiger charge is 2.13. The van der Waals surface area contributed by atoms with Gasteiger partial charge >= 0.3 is 11.8 Å². The summed E-state index contributed by atoms with van der Waals surface area (Å²) in [4.78, 5) is 22.9. The largest absolute Gasteiger partial charge is 0.494 e. The maximum atomic E-state index is 11.5. The number of anilines is 1. The van der Waals surface area contributed by atoms with Crippen molar-refractivity contribution in [3.63, 3.8) is 0 Å². The predicted molar refractivity (Wildman–Crippen MR) is 75.5 cm³/mol. The first kappa shape index (κ1) is 16.0. The number of ether oxygens (including phenoxy) is 1. The molecular weight excluding hydrogens is 260 g/mol. The van der Waals surface area contributed by atoms with E-state index in [0.717, 1.165) is 6.42 Å². The summed E-state index contributed by atoms with van der Waals surface area (Å²) in [5.41, 5.74) is 0.506. The van der Waals surface area contributed by atoms with E-state index in [4.69, 9.17) is 9.84 Å². The second-order valence-electron chi connectivity index (χ2n) is 4.39. The molecule has 1 aromatic carbocycles. The van der Waals surface area contributed by atoms with Gasteiger partial charge in [0.05, 0.1) is 12.7 Å². The molecule has 0 spiro atoms. The van der Waals surface area contributed by atoms with Gasteiger partial charge in [-0.05, 0) is 37.6 Å². The summed E-state index contributed by atoms with van der Waals surface area (Å²) in [6.07, 6.45) is 0.226. The van der Waals surface area contributed by atoms with Gasteiger partial charge < -0.3 is 20.5 Å². The Morgan fingerprint density at radius 2 is 1.90 bits per heavy atom. The van der Waals surface area contributed by atoms with Gasteiger partial charge in [0.15, 0.2) is 0 Å². The van der Waals surface area contributed by atoms with Crippen LogP contribution < -0.4 is 15.4 Å². The zero-order valence-electron chi connectivity index (χ0n) is 11.7. The number of aliphatic hydroxyl groups excluding tert-OH is 1. The summed E-state index contributed by atoms with van der Waals surface area (Å²) in [7, 11) is 0. The summed E-state index contributed by atoms with van der Waals surface area (Å²) < 4.78 is 5.41. The van der Waals surface area contributed by atoms with Crippen LogP contribution in [0.15, 0.2) is 24.3 Å². The molecule has 0 saturated heterocycles. The smallest absolute Gasteiger partial charge is 0.313 e. The normalized spacial score (nSPS) is 11.6. The molecule has 6 nitrogen and oxygen atoms in total. The first-order valence-corrected chi connectivity index (χ1v) is 6.53. The highest BCUT2D eigenvalue weighted by Crippen LogP contribution is 2.15. The third kappa shape index (κ3) is 5.71. The lowest BCUT2D eigenvalue weighted by atomic mass is 10.3. The van der Waals surface area contributed by atoms with Crippen LogP contribution in [-0.4, -0.2) is 36.2 Å². The van der Waals surface area contributed by atoms with Gasteiger partial charge in [-0.3, -0.25) is 9.59 Å². The van der Waals surface area contributed by atoms with E-state index in [1.165, 1.54) is 6.92 Å². The molecule has 0 fully saturated rings. The van der Waals surface area contributed by atoms with Gasteiger partial charge in [0.25, 0.3) is 0 Å². The number of aliphatic hydroxyl groups is 1. The molecule has 0 aliphatic heterocycles. The molecule has 20 heavy (non-hydrogen) atoms. The molecule has 1 rings (SSSR count). The first-order chi connectivity index (χ1) is 9.52. The van der Waals surface area contributed by atoms with Gasteiger partial charge in [-0.15, -0.1) is 0 Å². The average Bonchev–Trinajstić information content (AvgIpc) is 2.43. The molecule has 1 aromatic rings. The minimum atomic E-state index is -0.780. The van der Waals surface area contributed by atoms with Crippen LogP contribution >= 0.6 is 0 Å². The quantitative estimate of drug-likeness (QED) is 0.676. The molecule has 0 unspecified atom stereocenters. The highest BCUT2D eigenvalue weighted by molar-refractivity contribution is 6.39. The van der Waals surface area contributed by atoms with Gasteiger partial charge in [-0.1, -0.05) is 6.92 Å². The van der Waals surface area contributed by atoms with Crippen molar-refractivity contribution in [3.05, 3.63) is 24.3 Å². The fraction of sp³-hybridized carbons (Fsp3) is 0.429. The molecule has 0 bridgehead atoms. The molecular formula is C14H20N2O4. The Bertz CT molecular complexity index is 443. The van der Waals surface area contributed by atoms with Crippen LogP contribution in [-0.2, 0) is 9.59 Å². The van der Waals surface area contributed by atoms with Gasteiger partial charge in [0.1, 0.15) is 5.75 Å². The molecule has 0 aromatic heterocycles. The Kier molecular flexibility index (Phi) is 6.52. The topological polar surface area (TPSA) is 87.7 Å². The van der Waals surface area contributed by atoms with Crippen molar-refractivity contribution >= 4 is 17.5 Å². The minimum Gasteiger partial charge on any atom is -0.494 e. The zero-order valence-corrected chi connectivity index (χ0v) is 11.7. The van der Waals surface area contributed by atoms with Gasteiger partial charge in [-0.25, -0.2) is 0 Å². The molecule has 0 aliphatic rings. The van der Waals surface area contributed by atoms with Crippen LogP contribution in [0.2, 0.25) is 0 Å². The van der Waals surface area contributed by atoms with Crippen LogP contribution in [0.1, 0.15) is 20.3 Å². The van der Waals surface area contributed by atoms with E-state index in [-0.39, 0.29) is 6.54 Å². The van der Waals surface area contributed by atoms with Crippen molar-refractivity contribution in [1.29, 1.82) is 0 Å². The number of carbonyl (C=O) groups is 2. The van der Waals surface area contributed by atoms with Crippen molar-refractivity contribution in [3.8, 4) is 5.75 Å². The lowest BCUT2D eigenvalue weighted by molar-refractivity contribution is -0.136. The van der Waals surface area contributed by atoms with E-state index in [1.54, 1.807) is 24.3 Å². The molecule has 110 valence electrons. The Morgan fingerprint density at radius 3 is 2.45 bits per heavy atom. The Balaban J connectivity index is 2.47. The third-order valence-electron chi connectivity index (χ3n) is 2.35. The molecule has 2 amide bonds. The number of hydrogen-bond acceptors (Lipinski definition) is 4. The van der Waals surface area contributed by atoms with Crippen molar-refractivity contribution in [2.24, 2.45) is 0 Å². The first-order valence-electron chi connectivity index (χ1n) is 6.53. The molecule has 0 heterocycles. The van der Waals surface area contributed by atoms with E-state index < -0.39 is 17.9 Å². The fourth-order valence-corrected chi connectivity index (χ4v) is 1.36. The standard InChI is InChI=1S/C14H20N2O4/c1-3-8-20-12-6-4-11(5-7-12)16-14(19)13(18)15-9-10(2)17/h4-7,10,17H,3,8-9H2,1-2H3,(H,15,18)(H,16,19)/t10-/m1/s1. The summed E-state index contributed by atoms with van der Waals surface area (Å²) in [6, 6.07) is 6.76. The SMILES string of the molecule is CCCOc1ccc(NC(=O)C(=O)NC[C@@H](C)O)cc1. The van der Waals surface area contributed by atoms with E-state index >= 15 is 0 Å². The van der Waals surface area contributed by atoms with Crippen molar-refractivity contribution in [2.75, 3.05) is 18.5 Å². The average molecular weight is 280 g/mol. The summed E-state index contributed by atoms with van der Waals surface area (Å²) in [6.45, 7) is 4.21. The van der Waals surface area contributed by atoms with Gasteiger partial charge in [-0.2, -0.15) is 0 Å². The molecule has 3 N–H and O–H groups in total. The van der Waals surface area contributed by atoms with Crippen LogP contribution in [0, 0.1) is 0 Å². The molecule has 0 saturated carbocycles. The van der Waals surface area contributed by atoms with Gasteiger partial charge in [0.2, 0.25) is 0 Å². The summed E-state index contributed by atoms with van der Waals surface area (Å²) >= 11 is 0. The number of benzene rings is 1. The second-order valence-corrected chi connectivity index (χ2v) is 4.39. The lowest BCUT2D eigenvalue weighted by Crippen LogP contribution is -2.38. The number of hydrogen-bond donors (Lipinski definition) is 3. The molecule has 0 radical (unpaired) electrons. The highest BCUT2D eigenvalue weighted by atomic mass is 16.5. The monoisotopic (exact) mass is 280 g/mol. The zero-order chi connectivity index (χ0) is 15.0. The summed E-state index contributed by atoms with van der Waals surface area (Å²) in [5.74, 6) is -0.839. The third-order valence-corrected chi connectivity index (χ3v) is 2.35. The Hall–Kier alpha value is -2.08. The number of carbonyl (C=O) groups excluding carboxylic acids is 2. The van der Waals surface area contributed by atoms with Crippen LogP contribution in [0.4, 0.5) is 5.69 Å². The minimum absolute atomic E-state index is 0.0377. The van der Waals surface area contributed by atoms with E-state index in [2.05, 4.69) is 10.6 Å². The van der Waals surface area contributed by atoms with Crippen LogP contribution in [0.3, 0.4) is 0 Å². The van der Waals surface area contributed by atoms with Crippen molar-refractivity contribution in [2.45, 2.75) is 26.4 Å². The molecule has 0 aliphatic carbocycles. The van der Waals surface area contributed by atoms with E-state index in [1.807, 2.05) is 6.92 Å². The van der Waals surface area contributed by atoms with Gasteiger partial charge in [0, 0.05) is 12.2 Å². The fourth-order valence-electron chi connectivity index (χ4n) is 1.36. The van der Waals surface area contributed by atoms with Crippen LogP contribution in [0.25, 0.3) is 0 Å². The maximum Gasteiger partial charge on any atom is 0.313 e. The number of amides is 2. The number of nitrogens with one attached hydrogen (secondary N) is 2. The van der Waals surface area contributed by atoms with E-state index in [0.29, 0.717) is 18.0 Å². The molecule has 1 atom stereocenters. The second kappa shape index (κ2) is 8.16.